The van der Waals surface area contributed by atoms with Gasteiger partial charge in [-0.05, 0) is 5.92 Å². The summed E-state index contributed by atoms with van der Waals surface area (Å²) in [4.78, 5) is 13.7. The lowest BCUT2D eigenvalue weighted by Crippen LogP contribution is -2.42. The zero-order valence-corrected chi connectivity index (χ0v) is 10.3. The maximum atomic E-state index is 11.9. The van der Waals surface area contributed by atoms with E-state index < -0.39 is 0 Å². The minimum absolute atomic E-state index is 0.0773. The summed E-state index contributed by atoms with van der Waals surface area (Å²) in [6.45, 7) is 6.96. The minimum atomic E-state index is 0.0773. The third-order valence-corrected chi connectivity index (χ3v) is 2.81. The van der Waals surface area contributed by atoms with Crippen LogP contribution < -0.4 is 0 Å². The average Bonchev–Trinajstić information content (AvgIpc) is 2.79. The molecule has 94 valence electrons. The molecular weight excluding hydrogens is 220 g/mol. The number of carbonyl (C=O) groups excluding carboxylic acids is 1. The number of rotatable bonds is 3. The zero-order valence-electron chi connectivity index (χ0n) is 10.3. The van der Waals surface area contributed by atoms with Crippen molar-refractivity contribution in [2.24, 2.45) is 0 Å². The first-order chi connectivity index (χ1) is 8.16. The Morgan fingerprint density at radius 2 is 2.18 bits per heavy atom. The van der Waals surface area contributed by atoms with Gasteiger partial charge in [-0.3, -0.25) is 4.79 Å². The predicted molar refractivity (Wildman–Crippen MR) is 61.5 cm³/mol. The monoisotopic (exact) mass is 238 g/mol. The molecule has 1 amide bonds. The summed E-state index contributed by atoms with van der Waals surface area (Å²) in [7, 11) is 0. The molecule has 1 aliphatic rings. The first-order valence-corrected chi connectivity index (χ1v) is 5.92. The Morgan fingerprint density at radius 3 is 2.76 bits per heavy atom. The van der Waals surface area contributed by atoms with Crippen molar-refractivity contribution in [2.75, 3.05) is 26.3 Å². The number of aromatic nitrogens is 3. The van der Waals surface area contributed by atoms with Gasteiger partial charge in [0.05, 0.1) is 18.9 Å². The van der Waals surface area contributed by atoms with Crippen LogP contribution in [0.2, 0.25) is 0 Å². The summed E-state index contributed by atoms with van der Waals surface area (Å²) in [5.74, 6) is 0.413. The molecule has 1 aliphatic heterocycles. The minimum Gasteiger partial charge on any atom is -0.378 e. The molecule has 1 fully saturated rings. The zero-order chi connectivity index (χ0) is 12.3. The molecule has 0 spiro atoms. The van der Waals surface area contributed by atoms with E-state index in [-0.39, 0.29) is 12.5 Å². The quantitative estimate of drug-likeness (QED) is 0.758. The van der Waals surface area contributed by atoms with Gasteiger partial charge in [-0.25, -0.2) is 4.68 Å². The summed E-state index contributed by atoms with van der Waals surface area (Å²) in [6, 6.07) is 0. The van der Waals surface area contributed by atoms with Crippen LogP contribution in [0.15, 0.2) is 6.20 Å². The van der Waals surface area contributed by atoms with Crippen LogP contribution in [0.5, 0.6) is 0 Å². The van der Waals surface area contributed by atoms with Gasteiger partial charge in [0.25, 0.3) is 0 Å². The number of amides is 1. The molecule has 0 saturated carbocycles. The van der Waals surface area contributed by atoms with E-state index in [0.29, 0.717) is 32.2 Å². The third kappa shape index (κ3) is 3.03. The molecule has 0 unspecified atom stereocenters. The number of carbonyl (C=O) groups is 1. The molecule has 0 radical (unpaired) electrons. The second-order valence-corrected chi connectivity index (χ2v) is 4.49. The maximum Gasteiger partial charge on any atom is 0.244 e. The van der Waals surface area contributed by atoms with Crippen molar-refractivity contribution in [1.82, 2.24) is 19.9 Å². The molecule has 0 atom stereocenters. The number of nitrogens with zero attached hydrogens (tertiary/aromatic N) is 4. The second-order valence-electron chi connectivity index (χ2n) is 4.49. The summed E-state index contributed by atoms with van der Waals surface area (Å²) >= 11 is 0. The first kappa shape index (κ1) is 12.0. The van der Waals surface area contributed by atoms with E-state index in [2.05, 4.69) is 24.2 Å². The SMILES string of the molecule is CC(C)c1cn(CC(=O)N2CCOCC2)nn1. The Kier molecular flexibility index (Phi) is 3.73. The first-order valence-electron chi connectivity index (χ1n) is 5.92. The van der Waals surface area contributed by atoms with Crippen molar-refractivity contribution in [3.8, 4) is 0 Å². The van der Waals surface area contributed by atoms with Gasteiger partial charge in [0.2, 0.25) is 5.91 Å². The van der Waals surface area contributed by atoms with E-state index in [1.54, 1.807) is 9.58 Å². The van der Waals surface area contributed by atoms with Crippen LogP contribution in [-0.2, 0) is 16.1 Å². The van der Waals surface area contributed by atoms with Crippen molar-refractivity contribution < 1.29 is 9.53 Å². The smallest absolute Gasteiger partial charge is 0.244 e. The molecule has 2 rings (SSSR count). The third-order valence-electron chi connectivity index (χ3n) is 2.81. The average molecular weight is 238 g/mol. The maximum absolute atomic E-state index is 11.9. The van der Waals surface area contributed by atoms with Crippen molar-refractivity contribution >= 4 is 5.91 Å². The summed E-state index contributed by atoms with van der Waals surface area (Å²) < 4.78 is 6.81. The molecule has 2 heterocycles. The number of hydrogen-bond acceptors (Lipinski definition) is 4. The Hall–Kier alpha value is -1.43. The van der Waals surface area contributed by atoms with Gasteiger partial charge in [-0.1, -0.05) is 19.1 Å². The molecule has 6 nitrogen and oxygen atoms in total. The fraction of sp³-hybridized carbons (Fsp3) is 0.727. The van der Waals surface area contributed by atoms with Crippen LogP contribution in [0.25, 0.3) is 0 Å². The summed E-state index contributed by atoms with van der Waals surface area (Å²) in [6.07, 6.45) is 1.84. The van der Waals surface area contributed by atoms with E-state index in [4.69, 9.17) is 4.74 Å². The Morgan fingerprint density at radius 1 is 1.47 bits per heavy atom. The molecule has 0 bridgehead atoms. The lowest BCUT2D eigenvalue weighted by atomic mass is 10.2. The largest absolute Gasteiger partial charge is 0.378 e. The van der Waals surface area contributed by atoms with E-state index in [0.717, 1.165) is 5.69 Å². The molecule has 1 aromatic heterocycles. The van der Waals surface area contributed by atoms with Gasteiger partial charge in [0.1, 0.15) is 6.54 Å². The molecule has 17 heavy (non-hydrogen) atoms. The fourth-order valence-corrected chi connectivity index (χ4v) is 1.71. The molecule has 1 saturated heterocycles. The van der Waals surface area contributed by atoms with Crippen molar-refractivity contribution in [3.05, 3.63) is 11.9 Å². The van der Waals surface area contributed by atoms with Gasteiger partial charge in [-0.15, -0.1) is 5.10 Å². The Balaban J connectivity index is 1.92. The highest BCUT2D eigenvalue weighted by Gasteiger charge is 2.17. The molecule has 0 aromatic carbocycles. The molecule has 0 N–H and O–H groups in total. The predicted octanol–water partition coefficient (Wildman–Crippen LogP) is 0.260. The van der Waals surface area contributed by atoms with Gasteiger partial charge < -0.3 is 9.64 Å². The molecule has 1 aromatic rings. The van der Waals surface area contributed by atoms with Crippen LogP contribution in [0, 0.1) is 0 Å². The Labute approximate surface area is 101 Å². The van der Waals surface area contributed by atoms with Gasteiger partial charge in [0, 0.05) is 19.3 Å². The highest BCUT2D eigenvalue weighted by Crippen LogP contribution is 2.09. The fourth-order valence-electron chi connectivity index (χ4n) is 1.71. The normalized spacial score (nSPS) is 16.5. The summed E-state index contributed by atoms with van der Waals surface area (Å²) in [5.41, 5.74) is 0.916. The topological polar surface area (TPSA) is 60.2 Å². The highest BCUT2D eigenvalue weighted by molar-refractivity contribution is 5.75. The lowest BCUT2D eigenvalue weighted by molar-refractivity contribution is -0.136. The molecule has 6 heteroatoms. The highest BCUT2D eigenvalue weighted by atomic mass is 16.5. The van der Waals surface area contributed by atoms with E-state index in [1.807, 2.05) is 6.20 Å². The van der Waals surface area contributed by atoms with Crippen molar-refractivity contribution in [1.29, 1.82) is 0 Å². The number of morpholine rings is 1. The van der Waals surface area contributed by atoms with Gasteiger partial charge in [-0.2, -0.15) is 0 Å². The summed E-state index contributed by atoms with van der Waals surface area (Å²) in [5, 5.41) is 7.99. The van der Waals surface area contributed by atoms with Crippen LogP contribution in [0.4, 0.5) is 0 Å². The van der Waals surface area contributed by atoms with Crippen LogP contribution in [0.1, 0.15) is 25.5 Å². The van der Waals surface area contributed by atoms with Gasteiger partial charge >= 0.3 is 0 Å². The van der Waals surface area contributed by atoms with Crippen molar-refractivity contribution in [2.45, 2.75) is 26.3 Å². The molecular formula is C11H18N4O2. The lowest BCUT2D eigenvalue weighted by Gasteiger charge is -2.26. The van der Waals surface area contributed by atoms with Crippen LogP contribution in [0.3, 0.4) is 0 Å². The number of ether oxygens (including phenoxy) is 1. The van der Waals surface area contributed by atoms with Crippen LogP contribution >= 0.6 is 0 Å². The van der Waals surface area contributed by atoms with E-state index in [1.165, 1.54) is 0 Å². The number of hydrogen-bond donors (Lipinski definition) is 0. The standard InChI is InChI=1S/C11H18N4O2/c1-9(2)10-7-15(13-12-10)8-11(16)14-3-5-17-6-4-14/h7,9H,3-6,8H2,1-2H3. The van der Waals surface area contributed by atoms with Crippen molar-refractivity contribution in [3.63, 3.8) is 0 Å². The van der Waals surface area contributed by atoms with Crippen LogP contribution in [-0.4, -0.2) is 52.1 Å². The Bertz CT molecular complexity index is 383. The van der Waals surface area contributed by atoms with E-state index in [9.17, 15) is 4.79 Å². The van der Waals surface area contributed by atoms with Gasteiger partial charge in [0.15, 0.2) is 0 Å². The van der Waals surface area contributed by atoms with E-state index >= 15 is 0 Å². The second kappa shape index (κ2) is 5.27. The molecule has 0 aliphatic carbocycles.